The molecule has 0 saturated carbocycles. The number of hydrogen-bond acceptors (Lipinski definition) is 3. The largest absolute Gasteiger partial charge is 0.468 e. The normalized spacial score (nSPS) is 12.0. The highest BCUT2D eigenvalue weighted by Crippen LogP contribution is 2.12. The lowest BCUT2D eigenvalue weighted by atomic mass is 10.1. The fourth-order valence-electron chi connectivity index (χ4n) is 2.06. The summed E-state index contributed by atoms with van der Waals surface area (Å²) in [4.78, 5) is 11.8. The van der Waals surface area contributed by atoms with E-state index in [2.05, 4.69) is 24.4 Å². The first kappa shape index (κ1) is 15.7. The van der Waals surface area contributed by atoms with E-state index in [9.17, 15) is 4.79 Å². The lowest BCUT2D eigenvalue weighted by molar-refractivity contribution is -0.119. The molecular formula is C17H21NO2S. The average Bonchev–Trinajstić information content (AvgIpc) is 2.99. The molecule has 0 radical (unpaired) electrons. The lowest BCUT2D eigenvalue weighted by Gasteiger charge is -2.13. The van der Waals surface area contributed by atoms with Crippen LogP contribution in [0.15, 0.2) is 53.1 Å². The number of furan rings is 1. The number of aryl methyl sites for hydroxylation is 1. The second-order valence-electron chi connectivity index (χ2n) is 5.06. The van der Waals surface area contributed by atoms with Crippen LogP contribution in [0.5, 0.6) is 0 Å². The molecule has 1 atom stereocenters. The molecule has 4 heteroatoms. The van der Waals surface area contributed by atoms with Crippen LogP contribution in [0.1, 0.15) is 24.7 Å². The van der Waals surface area contributed by atoms with E-state index in [0.717, 1.165) is 24.4 Å². The lowest BCUT2D eigenvalue weighted by Crippen LogP contribution is -2.34. The highest BCUT2D eigenvalue weighted by molar-refractivity contribution is 7.99. The first-order valence-electron chi connectivity index (χ1n) is 7.17. The van der Waals surface area contributed by atoms with E-state index in [4.69, 9.17) is 4.42 Å². The minimum Gasteiger partial charge on any atom is -0.468 e. The third-order valence-electron chi connectivity index (χ3n) is 3.17. The van der Waals surface area contributed by atoms with E-state index in [1.54, 1.807) is 18.0 Å². The van der Waals surface area contributed by atoms with Crippen LogP contribution in [0.4, 0.5) is 0 Å². The Morgan fingerprint density at radius 1 is 1.24 bits per heavy atom. The van der Waals surface area contributed by atoms with Crippen molar-refractivity contribution in [1.29, 1.82) is 0 Å². The van der Waals surface area contributed by atoms with Crippen LogP contribution >= 0.6 is 11.8 Å². The summed E-state index contributed by atoms with van der Waals surface area (Å²) >= 11 is 1.57. The molecular weight excluding hydrogens is 282 g/mol. The summed E-state index contributed by atoms with van der Waals surface area (Å²) < 4.78 is 5.23. The Bertz CT molecular complexity index is 525. The van der Waals surface area contributed by atoms with Gasteiger partial charge in [-0.3, -0.25) is 4.79 Å². The molecule has 3 nitrogen and oxygen atoms in total. The van der Waals surface area contributed by atoms with Gasteiger partial charge >= 0.3 is 0 Å². The molecule has 1 amide bonds. The molecule has 1 N–H and O–H groups in total. The summed E-state index contributed by atoms with van der Waals surface area (Å²) in [6.07, 6.45) is 3.60. The topological polar surface area (TPSA) is 42.2 Å². The zero-order valence-electron chi connectivity index (χ0n) is 12.2. The maximum absolute atomic E-state index is 11.8. The quantitative estimate of drug-likeness (QED) is 0.809. The van der Waals surface area contributed by atoms with Crippen LogP contribution in [0, 0.1) is 0 Å². The van der Waals surface area contributed by atoms with E-state index >= 15 is 0 Å². The van der Waals surface area contributed by atoms with Crippen molar-refractivity contribution in [2.75, 3.05) is 5.75 Å². The summed E-state index contributed by atoms with van der Waals surface area (Å²) in [5.41, 5.74) is 1.31. The minimum atomic E-state index is 0.0899. The van der Waals surface area contributed by atoms with Crippen molar-refractivity contribution >= 4 is 17.7 Å². The van der Waals surface area contributed by atoms with Gasteiger partial charge in [0.25, 0.3) is 0 Å². The Balaban J connectivity index is 1.60. The first-order chi connectivity index (χ1) is 10.2. The monoisotopic (exact) mass is 303 g/mol. The second-order valence-corrected chi connectivity index (χ2v) is 6.05. The van der Waals surface area contributed by atoms with Gasteiger partial charge in [0, 0.05) is 6.04 Å². The van der Waals surface area contributed by atoms with Crippen molar-refractivity contribution < 1.29 is 9.21 Å². The Hall–Kier alpha value is -1.68. The van der Waals surface area contributed by atoms with Crippen molar-refractivity contribution in [3.05, 3.63) is 60.1 Å². The molecule has 0 saturated heterocycles. The van der Waals surface area contributed by atoms with Crippen molar-refractivity contribution in [2.24, 2.45) is 0 Å². The SMILES string of the molecule is C[C@@H](CCc1ccccc1)NC(=O)CSCc1ccco1. The van der Waals surface area contributed by atoms with E-state index < -0.39 is 0 Å². The molecule has 1 aromatic carbocycles. The number of amides is 1. The molecule has 2 rings (SSSR count). The summed E-state index contributed by atoms with van der Waals surface area (Å²) in [6, 6.07) is 14.3. The summed E-state index contributed by atoms with van der Waals surface area (Å²) in [5.74, 6) is 2.20. The van der Waals surface area contributed by atoms with Gasteiger partial charge in [0.05, 0.1) is 17.8 Å². The van der Waals surface area contributed by atoms with Gasteiger partial charge in [-0.05, 0) is 37.5 Å². The minimum absolute atomic E-state index is 0.0899. The average molecular weight is 303 g/mol. The molecule has 0 aliphatic heterocycles. The molecule has 0 aliphatic carbocycles. The van der Waals surface area contributed by atoms with Crippen LogP contribution in [-0.2, 0) is 17.0 Å². The van der Waals surface area contributed by atoms with Gasteiger partial charge in [-0.2, -0.15) is 0 Å². The molecule has 112 valence electrons. The molecule has 21 heavy (non-hydrogen) atoms. The van der Waals surface area contributed by atoms with Gasteiger partial charge in [-0.15, -0.1) is 11.8 Å². The number of carbonyl (C=O) groups is 1. The van der Waals surface area contributed by atoms with E-state index in [0.29, 0.717) is 5.75 Å². The molecule has 2 aromatic rings. The maximum atomic E-state index is 11.8. The molecule has 0 spiro atoms. The Labute approximate surface area is 130 Å². The number of rotatable bonds is 8. The zero-order valence-corrected chi connectivity index (χ0v) is 13.1. The molecule has 1 heterocycles. The van der Waals surface area contributed by atoms with Gasteiger partial charge in [-0.25, -0.2) is 0 Å². The fraction of sp³-hybridized carbons (Fsp3) is 0.353. The van der Waals surface area contributed by atoms with Crippen LogP contribution in [-0.4, -0.2) is 17.7 Å². The number of hydrogen-bond donors (Lipinski definition) is 1. The van der Waals surface area contributed by atoms with E-state index in [1.165, 1.54) is 5.56 Å². The van der Waals surface area contributed by atoms with Crippen LogP contribution < -0.4 is 5.32 Å². The molecule has 0 unspecified atom stereocenters. The predicted molar refractivity (Wildman–Crippen MR) is 87.2 cm³/mol. The number of nitrogens with one attached hydrogen (secondary N) is 1. The van der Waals surface area contributed by atoms with Crippen molar-refractivity contribution in [1.82, 2.24) is 5.32 Å². The number of carbonyl (C=O) groups excluding carboxylic acids is 1. The van der Waals surface area contributed by atoms with Gasteiger partial charge in [-0.1, -0.05) is 30.3 Å². The first-order valence-corrected chi connectivity index (χ1v) is 8.33. The third-order valence-corrected chi connectivity index (χ3v) is 4.13. The third kappa shape index (κ3) is 6.08. The smallest absolute Gasteiger partial charge is 0.230 e. The van der Waals surface area contributed by atoms with Crippen molar-refractivity contribution in [2.45, 2.75) is 31.6 Å². The number of thioether (sulfide) groups is 1. The summed E-state index contributed by atoms with van der Waals surface area (Å²) in [7, 11) is 0. The van der Waals surface area contributed by atoms with Gasteiger partial charge < -0.3 is 9.73 Å². The molecule has 1 aromatic heterocycles. The van der Waals surface area contributed by atoms with Gasteiger partial charge in [0.2, 0.25) is 5.91 Å². The van der Waals surface area contributed by atoms with E-state index in [-0.39, 0.29) is 11.9 Å². The molecule has 0 aliphatic rings. The standard InChI is InChI=1S/C17H21NO2S/c1-14(9-10-15-6-3-2-4-7-15)18-17(19)13-21-12-16-8-5-11-20-16/h2-8,11,14H,9-10,12-13H2,1H3,(H,18,19)/t14-/m0/s1. The van der Waals surface area contributed by atoms with Crippen LogP contribution in [0.25, 0.3) is 0 Å². The van der Waals surface area contributed by atoms with Crippen LogP contribution in [0.2, 0.25) is 0 Å². The Morgan fingerprint density at radius 2 is 2.05 bits per heavy atom. The fourth-order valence-corrected chi connectivity index (χ4v) is 2.79. The zero-order chi connectivity index (χ0) is 14.9. The predicted octanol–water partition coefficient (Wildman–Crippen LogP) is 3.65. The summed E-state index contributed by atoms with van der Waals surface area (Å²) in [5, 5.41) is 3.04. The Kier molecular flexibility index (Phi) is 6.41. The second kappa shape index (κ2) is 8.57. The highest BCUT2D eigenvalue weighted by Gasteiger charge is 2.08. The molecule has 0 fully saturated rings. The van der Waals surface area contributed by atoms with E-state index in [1.807, 2.05) is 30.3 Å². The Morgan fingerprint density at radius 3 is 2.76 bits per heavy atom. The summed E-state index contributed by atoms with van der Waals surface area (Å²) in [6.45, 7) is 2.05. The van der Waals surface area contributed by atoms with Gasteiger partial charge in [0.1, 0.15) is 5.76 Å². The van der Waals surface area contributed by atoms with Crippen molar-refractivity contribution in [3.8, 4) is 0 Å². The van der Waals surface area contributed by atoms with Crippen molar-refractivity contribution in [3.63, 3.8) is 0 Å². The van der Waals surface area contributed by atoms with Crippen LogP contribution in [0.3, 0.4) is 0 Å². The van der Waals surface area contributed by atoms with Gasteiger partial charge in [0.15, 0.2) is 0 Å². The maximum Gasteiger partial charge on any atom is 0.230 e. The number of benzene rings is 1. The highest BCUT2D eigenvalue weighted by atomic mass is 32.2. The molecule has 0 bridgehead atoms.